The Kier molecular flexibility index (Phi) is 4.34. The van der Waals surface area contributed by atoms with Gasteiger partial charge in [-0.15, -0.1) is 0 Å². The number of rotatable bonds is 4. The lowest BCUT2D eigenvalue weighted by Gasteiger charge is -2.19. The van der Waals surface area contributed by atoms with Crippen molar-refractivity contribution < 1.29 is 9.84 Å². The molecule has 2 aromatic rings. The first-order valence-electron chi connectivity index (χ1n) is 6.69. The molecule has 0 radical (unpaired) electrons. The van der Waals surface area contributed by atoms with Gasteiger partial charge in [0.25, 0.3) is 0 Å². The van der Waals surface area contributed by atoms with E-state index >= 15 is 0 Å². The molecule has 0 saturated heterocycles. The van der Waals surface area contributed by atoms with E-state index in [1.807, 2.05) is 26.0 Å². The number of hydrogen-bond acceptors (Lipinski definition) is 4. The summed E-state index contributed by atoms with van der Waals surface area (Å²) in [7, 11) is 1.57. The van der Waals surface area contributed by atoms with Crippen LogP contribution in [-0.2, 0) is 0 Å². The molecule has 0 heterocycles. The van der Waals surface area contributed by atoms with Crippen molar-refractivity contribution in [1.29, 1.82) is 5.26 Å². The third kappa shape index (κ3) is 3.26. The fourth-order valence-electron chi connectivity index (χ4n) is 2.21. The van der Waals surface area contributed by atoms with Crippen LogP contribution in [0.5, 0.6) is 11.5 Å². The second-order valence-electron chi connectivity index (χ2n) is 4.96. The Morgan fingerprint density at radius 3 is 2.67 bits per heavy atom. The van der Waals surface area contributed by atoms with Crippen molar-refractivity contribution in [3.05, 3.63) is 53.1 Å². The zero-order valence-corrected chi connectivity index (χ0v) is 12.3. The van der Waals surface area contributed by atoms with Gasteiger partial charge in [0.15, 0.2) is 0 Å². The Balaban J connectivity index is 2.29. The first kappa shape index (κ1) is 14.7. The van der Waals surface area contributed by atoms with Crippen molar-refractivity contribution in [3.63, 3.8) is 0 Å². The topological polar surface area (TPSA) is 65.3 Å². The highest BCUT2D eigenvalue weighted by Gasteiger charge is 2.13. The van der Waals surface area contributed by atoms with E-state index in [1.54, 1.807) is 31.4 Å². The molecular weight excluding hydrogens is 264 g/mol. The molecule has 4 heteroatoms. The number of nitrogens with one attached hydrogen (secondary N) is 1. The largest absolute Gasteiger partial charge is 0.508 e. The number of ether oxygens (including phenoxy) is 1. The molecule has 21 heavy (non-hydrogen) atoms. The van der Waals surface area contributed by atoms with Crippen LogP contribution in [-0.4, -0.2) is 12.2 Å². The molecule has 0 spiro atoms. The summed E-state index contributed by atoms with van der Waals surface area (Å²) in [6.07, 6.45) is 0. The van der Waals surface area contributed by atoms with Gasteiger partial charge >= 0.3 is 0 Å². The van der Waals surface area contributed by atoms with Gasteiger partial charge in [0.2, 0.25) is 0 Å². The van der Waals surface area contributed by atoms with Crippen LogP contribution in [0, 0.1) is 18.3 Å². The second kappa shape index (κ2) is 6.19. The number of phenolic OH excluding ortho intramolecular Hbond substituents is 1. The molecule has 0 bridgehead atoms. The summed E-state index contributed by atoms with van der Waals surface area (Å²) in [4.78, 5) is 0. The van der Waals surface area contributed by atoms with Gasteiger partial charge in [-0.2, -0.15) is 5.26 Å². The summed E-state index contributed by atoms with van der Waals surface area (Å²) in [5.74, 6) is 0.862. The predicted molar refractivity (Wildman–Crippen MR) is 82.6 cm³/mol. The first-order valence-corrected chi connectivity index (χ1v) is 6.69. The first-order chi connectivity index (χ1) is 10.0. The highest BCUT2D eigenvalue weighted by molar-refractivity contribution is 5.60. The summed E-state index contributed by atoms with van der Waals surface area (Å²) >= 11 is 0. The van der Waals surface area contributed by atoms with Crippen molar-refractivity contribution in [2.75, 3.05) is 12.4 Å². The van der Waals surface area contributed by atoms with Crippen molar-refractivity contribution in [3.8, 4) is 17.6 Å². The van der Waals surface area contributed by atoms with E-state index in [0.29, 0.717) is 11.3 Å². The third-order valence-corrected chi connectivity index (χ3v) is 3.35. The van der Waals surface area contributed by atoms with Gasteiger partial charge in [-0.3, -0.25) is 0 Å². The Bertz CT molecular complexity index is 690. The predicted octanol–water partition coefficient (Wildman–Crippen LogP) is 3.75. The summed E-state index contributed by atoms with van der Waals surface area (Å²) in [6.45, 7) is 3.95. The van der Waals surface area contributed by atoms with Crippen LogP contribution in [0.15, 0.2) is 36.4 Å². The molecule has 2 N–H and O–H groups in total. The number of phenols is 1. The Morgan fingerprint density at radius 2 is 2.00 bits per heavy atom. The van der Waals surface area contributed by atoms with E-state index in [4.69, 9.17) is 10.00 Å². The molecule has 0 aliphatic heterocycles. The van der Waals surface area contributed by atoms with Crippen molar-refractivity contribution in [1.82, 2.24) is 0 Å². The van der Waals surface area contributed by atoms with Gasteiger partial charge in [0, 0.05) is 11.6 Å². The van der Waals surface area contributed by atoms with E-state index < -0.39 is 0 Å². The minimum absolute atomic E-state index is 0.0910. The monoisotopic (exact) mass is 282 g/mol. The van der Waals surface area contributed by atoms with Crippen LogP contribution in [0.4, 0.5) is 5.69 Å². The van der Waals surface area contributed by atoms with Crippen LogP contribution in [0.25, 0.3) is 0 Å². The smallest absolute Gasteiger partial charge is 0.143 e. The molecule has 0 saturated carbocycles. The van der Waals surface area contributed by atoms with Crippen LogP contribution >= 0.6 is 0 Å². The lowest BCUT2D eigenvalue weighted by molar-refractivity contribution is 0.415. The van der Waals surface area contributed by atoms with Crippen LogP contribution in [0.2, 0.25) is 0 Å². The minimum Gasteiger partial charge on any atom is -0.508 e. The van der Waals surface area contributed by atoms with Gasteiger partial charge in [-0.1, -0.05) is 17.7 Å². The molecule has 108 valence electrons. The molecule has 0 aromatic heterocycles. The van der Waals surface area contributed by atoms with E-state index in [9.17, 15) is 5.11 Å². The van der Waals surface area contributed by atoms with Crippen molar-refractivity contribution in [2.24, 2.45) is 0 Å². The van der Waals surface area contributed by atoms with Crippen molar-refractivity contribution in [2.45, 2.75) is 19.9 Å². The highest BCUT2D eigenvalue weighted by Crippen LogP contribution is 2.32. The molecule has 1 atom stereocenters. The summed E-state index contributed by atoms with van der Waals surface area (Å²) in [5, 5.41) is 22.2. The molecule has 0 fully saturated rings. The van der Waals surface area contributed by atoms with Crippen molar-refractivity contribution >= 4 is 5.69 Å². The van der Waals surface area contributed by atoms with Gasteiger partial charge in [-0.25, -0.2) is 0 Å². The maximum Gasteiger partial charge on any atom is 0.143 e. The second-order valence-corrected chi connectivity index (χ2v) is 4.96. The Hall–Kier alpha value is -2.67. The number of hydrogen-bond donors (Lipinski definition) is 2. The molecule has 0 aliphatic carbocycles. The number of methoxy groups -OCH3 is 1. The fourth-order valence-corrected chi connectivity index (χ4v) is 2.21. The third-order valence-electron chi connectivity index (χ3n) is 3.35. The van der Waals surface area contributed by atoms with Gasteiger partial charge in [0.05, 0.1) is 30.5 Å². The number of benzene rings is 2. The lowest BCUT2D eigenvalue weighted by Crippen LogP contribution is -2.08. The molecule has 1 unspecified atom stereocenters. The summed E-state index contributed by atoms with van der Waals surface area (Å²) in [5.41, 5.74) is 3.23. The highest BCUT2D eigenvalue weighted by atomic mass is 16.5. The van der Waals surface area contributed by atoms with Gasteiger partial charge in [0.1, 0.15) is 11.5 Å². The summed E-state index contributed by atoms with van der Waals surface area (Å²) < 4.78 is 5.30. The SMILES string of the molecule is COc1cc(C#N)ccc1NC(C)c1cc(C)ccc1O. The maximum atomic E-state index is 9.98. The van der Waals surface area contributed by atoms with Crippen LogP contribution < -0.4 is 10.1 Å². The molecule has 2 aromatic carbocycles. The number of nitrogens with zero attached hydrogens (tertiary/aromatic N) is 1. The average Bonchev–Trinajstić information content (AvgIpc) is 2.49. The zero-order chi connectivity index (χ0) is 15.4. The standard InChI is InChI=1S/C17H18N2O2/c1-11-4-7-16(20)14(8-11)12(2)19-15-6-5-13(10-18)9-17(15)21-3/h4-9,12,19-20H,1-3H3. The van der Waals surface area contributed by atoms with Crippen LogP contribution in [0.3, 0.4) is 0 Å². The molecule has 0 amide bonds. The number of aryl methyl sites for hydroxylation is 1. The van der Waals surface area contributed by atoms with E-state index in [0.717, 1.165) is 16.8 Å². The zero-order valence-electron chi connectivity index (χ0n) is 12.3. The van der Waals surface area contributed by atoms with Crippen LogP contribution in [0.1, 0.15) is 29.7 Å². The lowest BCUT2D eigenvalue weighted by atomic mass is 10.0. The van der Waals surface area contributed by atoms with E-state index in [1.165, 1.54) is 0 Å². The molecule has 2 rings (SSSR count). The Morgan fingerprint density at radius 1 is 1.24 bits per heavy atom. The quantitative estimate of drug-likeness (QED) is 0.896. The normalized spacial score (nSPS) is 11.5. The Labute approximate surface area is 124 Å². The van der Waals surface area contributed by atoms with Gasteiger partial charge in [-0.05, 0) is 32.0 Å². The molecular formula is C17H18N2O2. The number of anilines is 1. The van der Waals surface area contributed by atoms with E-state index in [-0.39, 0.29) is 11.8 Å². The molecule has 4 nitrogen and oxygen atoms in total. The maximum absolute atomic E-state index is 9.98. The van der Waals surface area contributed by atoms with Gasteiger partial charge < -0.3 is 15.2 Å². The molecule has 0 aliphatic rings. The number of aromatic hydroxyl groups is 1. The minimum atomic E-state index is -0.0910. The fraction of sp³-hybridized carbons (Fsp3) is 0.235. The average molecular weight is 282 g/mol. The summed E-state index contributed by atoms with van der Waals surface area (Å²) in [6, 6.07) is 12.7. The van der Waals surface area contributed by atoms with E-state index in [2.05, 4.69) is 11.4 Å². The number of nitriles is 1.